The molecule has 0 atom stereocenters. The van der Waals surface area contributed by atoms with Crippen molar-refractivity contribution in [3.05, 3.63) is 64.3 Å². The summed E-state index contributed by atoms with van der Waals surface area (Å²) in [6.07, 6.45) is 2.62. The number of hydrogen-bond acceptors (Lipinski definition) is 3. The van der Waals surface area contributed by atoms with Crippen LogP contribution < -0.4 is 5.32 Å². The molecule has 0 spiro atoms. The van der Waals surface area contributed by atoms with Gasteiger partial charge in [0.2, 0.25) is 0 Å². The minimum atomic E-state index is -0.441. The van der Waals surface area contributed by atoms with E-state index in [2.05, 4.69) is 10.3 Å². The molecule has 3 rings (SSSR count). The molecular formula is C19H16Cl2N2O3. The molecule has 1 heterocycles. The van der Waals surface area contributed by atoms with Gasteiger partial charge in [-0.3, -0.25) is 9.59 Å². The third-order valence-corrected chi connectivity index (χ3v) is 4.58. The Hall–Kier alpha value is -2.50. The number of nitrogens with one attached hydrogen (secondary N) is 2. The Morgan fingerprint density at radius 3 is 2.69 bits per heavy atom. The Morgan fingerprint density at radius 1 is 1.08 bits per heavy atom. The first-order valence-electron chi connectivity index (χ1n) is 7.98. The van der Waals surface area contributed by atoms with E-state index in [-0.39, 0.29) is 13.0 Å². The highest BCUT2D eigenvalue weighted by Crippen LogP contribution is 2.25. The van der Waals surface area contributed by atoms with Gasteiger partial charge in [-0.25, -0.2) is 0 Å². The van der Waals surface area contributed by atoms with Crippen LogP contribution in [0.1, 0.15) is 12.0 Å². The molecule has 26 heavy (non-hydrogen) atoms. The lowest BCUT2D eigenvalue weighted by Crippen LogP contribution is -2.21. The van der Waals surface area contributed by atoms with E-state index in [0.29, 0.717) is 22.2 Å². The molecule has 1 aromatic heterocycles. The highest BCUT2D eigenvalue weighted by Gasteiger charge is 2.11. The van der Waals surface area contributed by atoms with Gasteiger partial charge < -0.3 is 15.0 Å². The van der Waals surface area contributed by atoms with Crippen LogP contribution >= 0.6 is 23.2 Å². The molecule has 0 saturated carbocycles. The van der Waals surface area contributed by atoms with E-state index in [1.54, 1.807) is 12.1 Å². The monoisotopic (exact) mass is 390 g/mol. The predicted molar refractivity (Wildman–Crippen MR) is 103 cm³/mol. The average Bonchev–Trinajstić information content (AvgIpc) is 3.04. The van der Waals surface area contributed by atoms with Gasteiger partial charge in [0.25, 0.3) is 5.91 Å². The number of benzene rings is 2. The summed E-state index contributed by atoms with van der Waals surface area (Å²) < 4.78 is 5.02. The van der Waals surface area contributed by atoms with Crippen LogP contribution in [0, 0.1) is 0 Å². The second kappa shape index (κ2) is 8.25. The van der Waals surface area contributed by atoms with Crippen molar-refractivity contribution in [2.24, 2.45) is 0 Å². The van der Waals surface area contributed by atoms with Crippen molar-refractivity contribution in [1.82, 2.24) is 4.98 Å². The van der Waals surface area contributed by atoms with Crippen molar-refractivity contribution in [1.29, 1.82) is 0 Å². The van der Waals surface area contributed by atoms with Crippen LogP contribution in [0.25, 0.3) is 10.9 Å². The fourth-order valence-electron chi connectivity index (χ4n) is 2.56. The molecule has 1 amide bonds. The summed E-state index contributed by atoms with van der Waals surface area (Å²) in [6, 6.07) is 12.6. The lowest BCUT2D eigenvalue weighted by atomic mass is 10.1. The summed E-state index contributed by atoms with van der Waals surface area (Å²) in [4.78, 5) is 26.9. The molecule has 3 aromatic rings. The molecule has 0 aliphatic rings. The maximum atomic E-state index is 11.9. The van der Waals surface area contributed by atoms with Crippen molar-refractivity contribution in [3.8, 4) is 0 Å². The van der Waals surface area contributed by atoms with Gasteiger partial charge in [-0.05, 0) is 36.2 Å². The quantitative estimate of drug-likeness (QED) is 0.604. The topological polar surface area (TPSA) is 71.2 Å². The number of carbonyl (C=O) groups excluding carboxylic acids is 2. The number of carbonyl (C=O) groups is 2. The van der Waals surface area contributed by atoms with E-state index in [1.165, 1.54) is 6.07 Å². The van der Waals surface area contributed by atoms with Gasteiger partial charge >= 0.3 is 5.97 Å². The summed E-state index contributed by atoms with van der Waals surface area (Å²) in [5.74, 6) is -0.872. The van der Waals surface area contributed by atoms with E-state index in [0.717, 1.165) is 16.5 Å². The lowest BCUT2D eigenvalue weighted by molar-refractivity contribution is -0.147. The second-order valence-electron chi connectivity index (χ2n) is 5.70. The van der Waals surface area contributed by atoms with Crippen LogP contribution in [0.2, 0.25) is 10.0 Å². The molecule has 2 N–H and O–H groups in total. The van der Waals surface area contributed by atoms with Crippen molar-refractivity contribution >= 4 is 51.7 Å². The van der Waals surface area contributed by atoms with Crippen LogP contribution in [-0.2, 0) is 20.7 Å². The number of halogens is 2. The first kappa shape index (κ1) is 18.3. The van der Waals surface area contributed by atoms with Crippen LogP contribution in [-0.4, -0.2) is 23.5 Å². The number of para-hydroxylation sites is 1. The van der Waals surface area contributed by atoms with Gasteiger partial charge in [0.1, 0.15) is 0 Å². The molecule has 134 valence electrons. The maximum Gasteiger partial charge on any atom is 0.306 e. The first-order valence-corrected chi connectivity index (χ1v) is 8.74. The molecule has 0 radical (unpaired) electrons. The number of anilines is 1. The van der Waals surface area contributed by atoms with Gasteiger partial charge in [0, 0.05) is 29.2 Å². The number of fused-ring (bicyclic) bond motifs is 1. The fourth-order valence-corrected chi connectivity index (χ4v) is 2.86. The van der Waals surface area contributed by atoms with Crippen molar-refractivity contribution in [2.45, 2.75) is 12.8 Å². The smallest absolute Gasteiger partial charge is 0.306 e. The summed E-state index contributed by atoms with van der Waals surface area (Å²) in [5.41, 5.74) is 2.55. The number of esters is 1. The van der Waals surface area contributed by atoms with Crippen molar-refractivity contribution in [3.63, 3.8) is 0 Å². The minimum absolute atomic E-state index is 0.196. The summed E-state index contributed by atoms with van der Waals surface area (Å²) in [5, 5.41) is 4.41. The van der Waals surface area contributed by atoms with E-state index < -0.39 is 11.9 Å². The average molecular weight is 391 g/mol. The largest absolute Gasteiger partial charge is 0.456 e. The van der Waals surface area contributed by atoms with Gasteiger partial charge in [-0.1, -0.05) is 41.4 Å². The Labute approximate surface area is 160 Å². The van der Waals surface area contributed by atoms with Crippen LogP contribution in [0.15, 0.2) is 48.7 Å². The number of aryl methyl sites for hydroxylation is 1. The van der Waals surface area contributed by atoms with E-state index >= 15 is 0 Å². The van der Waals surface area contributed by atoms with E-state index in [4.69, 9.17) is 27.9 Å². The number of H-pyrrole nitrogens is 1. The third kappa shape index (κ3) is 4.56. The maximum absolute atomic E-state index is 11.9. The van der Waals surface area contributed by atoms with E-state index in [9.17, 15) is 9.59 Å². The molecule has 0 aliphatic carbocycles. The first-order chi connectivity index (χ1) is 12.5. The summed E-state index contributed by atoms with van der Waals surface area (Å²) in [6.45, 7) is -0.354. The molecule has 0 bridgehead atoms. The highest BCUT2D eigenvalue weighted by atomic mass is 35.5. The van der Waals surface area contributed by atoms with Crippen molar-refractivity contribution < 1.29 is 14.3 Å². The predicted octanol–water partition coefficient (Wildman–Crippen LogP) is 4.59. The van der Waals surface area contributed by atoms with E-state index in [1.807, 2.05) is 30.5 Å². The summed E-state index contributed by atoms with van der Waals surface area (Å²) in [7, 11) is 0. The molecular weight excluding hydrogens is 375 g/mol. The van der Waals surface area contributed by atoms with Gasteiger partial charge in [0.15, 0.2) is 6.61 Å². The SMILES string of the molecule is O=C(COC(=O)CCc1c[nH]c2ccccc12)Nc1ccc(Cl)c(Cl)c1. The second-order valence-corrected chi connectivity index (χ2v) is 6.51. The Morgan fingerprint density at radius 2 is 1.88 bits per heavy atom. The summed E-state index contributed by atoms with van der Waals surface area (Å²) >= 11 is 11.7. The standard InChI is InChI=1S/C19H16Cl2N2O3/c20-15-7-6-13(9-16(15)21)23-18(24)11-26-19(25)8-5-12-10-22-17-4-2-1-3-14(12)17/h1-4,6-7,9-10,22H,5,8,11H2,(H,23,24). The van der Waals surface area contributed by atoms with Crippen LogP contribution in [0.4, 0.5) is 5.69 Å². The molecule has 0 saturated heterocycles. The molecule has 7 heteroatoms. The molecule has 0 fully saturated rings. The number of aromatic amines is 1. The zero-order valence-corrected chi connectivity index (χ0v) is 15.2. The van der Waals surface area contributed by atoms with Gasteiger partial charge in [-0.2, -0.15) is 0 Å². The normalized spacial score (nSPS) is 10.7. The highest BCUT2D eigenvalue weighted by molar-refractivity contribution is 6.42. The Balaban J connectivity index is 1.46. The number of amides is 1. The molecule has 0 unspecified atom stereocenters. The number of hydrogen-bond donors (Lipinski definition) is 2. The Kier molecular flexibility index (Phi) is 5.81. The van der Waals surface area contributed by atoms with Crippen LogP contribution in [0.3, 0.4) is 0 Å². The fraction of sp³-hybridized carbons (Fsp3) is 0.158. The van der Waals surface area contributed by atoms with Crippen LogP contribution in [0.5, 0.6) is 0 Å². The lowest BCUT2D eigenvalue weighted by Gasteiger charge is -2.07. The van der Waals surface area contributed by atoms with Crippen molar-refractivity contribution in [2.75, 3.05) is 11.9 Å². The minimum Gasteiger partial charge on any atom is -0.456 e. The Bertz CT molecular complexity index is 953. The molecule has 0 aliphatic heterocycles. The third-order valence-electron chi connectivity index (χ3n) is 3.84. The molecule has 2 aromatic carbocycles. The number of ether oxygens (including phenoxy) is 1. The molecule has 5 nitrogen and oxygen atoms in total. The zero-order chi connectivity index (χ0) is 18.5. The number of aromatic nitrogens is 1. The zero-order valence-electron chi connectivity index (χ0n) is 13.7. The van der Waals surface area contributed by atoms with Gasteiger partial charge in [0.05, 0.1) is 10.0 Å². The number of rotatable bonds is 6. The van der Waals surface area contributed by atoms with Gasteiger partial charge in [-0.15, -0.1) is 0 Å².